The predicted molar refractivity (Wildman–Crippen MR) is 175 cm³/mol. The maximum atomic E-state index is 9.21. The molecule has 9 aromatic rings. The van der Waals surface area contributed by atoms with Crippen LogP contribution in [0.25, 0.3) is 87.8 Å². The number of benzene rings is 7. The minimum Gasteiger partial charge on any atom is -0.464 e. The van der Waals surface area contributed by atoms with E-state index in [0.29, 0.717) is 22.1 Å². The van der Waals surface area contributed by atoms with Crippen LogP contribution in [0, 0.1) is 0 Å². The quantitative estimate of drug-likeness (QED) is 0.205. The molecule has 0 fully saturated rings. The Morgan fingerprint density at radius 3 is 1.79 bits per heavy atom. The van der Waals surface area contributed by atoms with E-state index in [0.717, 1.165) is 21.9 Å². The molecule has 0 unspecified atom stereocenters. The van der Waals surface area contributed by atoms with Crippen molar-refractivity contribution in [3.05, 3.63) is 145 Å². The van der Waals surface area contributed by atoms with Crippen molar-refractivity contribution in [1.29, 1.82) is 0 Å². The van der Waals surface area contributed by atoms with E-state index in [1.165, 1.54) is 0 Å². The van der Waals surface area contributed by atoms with E-state index in [4.69, 9.17) is 23.9 Å². The summed E-state index contributed by atoms with van der Waals surface area (Å²) in [4.78, 5) is 0. The van der Waals surface area contributed by atoms with Crippen molar-refractivity contribution in [3.8, 4) is 33.4 Å². The van der Waals surface area contributed by atoms with Crippen LogP contribution in [0.5, 0.6) is 0 Å². The van der Waals surface area contributed by atoms with Crippen LogP contribution in [0.3, 0.4) is 0 Å². The second kappa shape index (κ2) is 8.95. The van der Waals surface area contributed by atoms with Crippen LogP contribution in [0.2, 0.25) is 0 Å². The average molecular weight is 550 g/mol. The zero-order valence-corrected chi connectivity index (χ0v) is 21.7. The van der Waals surface area contributed by atoms with E-state index in [-0.39, 0.29) is 38.2 Å². The fourth-order valence-electron chi connectivity index (χ4n) is 5.88. The van der Waals surface area contributed by atoms with Gasteiger partial charge in [-0.25, -0.2) is 0 Å². The molecule has 0 saturated heterocycles. The molecule has 0 amide bonds. The molecule has 0 N–H and O–H groups in total. The Balaban J connectivity index is 1.48. The van der Waals surface area contributed by atoms with Gasteiger partial charge in [-0.2, -0.15) is 0 Å². The molecule has 0 radical (unpaired) electrons. The monoisotopic (exact) mass is 549 g/mol. The molecule has 0 aliphatic rings. The molecular weight excluding hydrogens is 512 g/mol. The van der Waals surface area contributed by atoms with Gasteiger partial charge in [-0.05, 0) is 73.6 Å². The molecule has 0 atom stereocenters. The Morgan fingerprint density at radius 2 is 1.10 bits per heavy atom. The highest BCUT2D eigenvalue weighted by molar-refractivity contribution is 6.23. The lowest BCUT2D eigenvalue weighted by Gasteiger charge is -2.17. The fraction of sp³-hybridized carbons (Fsp3) is 0. The Labute approximate surface area is 260 Å². The Hall–Kier alpha value is -5.60. The molecule has 0 aliphatic heterocycles. The minimum absolute atomic E-state index is 0.0286. The van der Waals surface area contributed by atoms with Crippen LogP contribution in [-0.4, -0.2) is 0 Å². The highest BCUT2D eigenvalue weighted by atomic mass is 16.3. The molecule has 0 aliphatic carbocycles. The SMILES string of the molecule is [2H]c1c([2H])c([2H])c(-c2c3c([2H])c([2H])c([2H])c([2H])c3c(-c3ccc4c(c3)oc3c4ccc4occ(-c5ccccc5)c43)c3c([2H])c([2H])c([2H])c([2H])c23)c([2H])c1[2H]. The molecule has 9 rings (SSSR count). The molecule has 0 bridgehead atoms. The molecule has 2 nitrogen and oxygen atoms in total. The van der Waals surface area contributed by atoms with E-state index in [2.05, 4.69) is 0 Å². The van der Waals surface area contributed by atoms with Crippen molar-refractivity contribution < 1.29 is 26.7 Å². The first kappa shape index (κ1) is 13.8. The zero-order valence-electron chi connectivity index (χ0n) is 34.7. The summed E-state index contributed by atoms with van der Waals surface area (Å²) in [5.41, 5.74) is 2.75. The molecule has 2 heterocycles. The normalized spacial score (nSPS) is 16.1. The van der Waals surface area contributed by atoms with Crippen molar-refractivity contribution in [1.82, 2.24) is 0 Å². The Kier molecular flexibility index (Phi) is 2.95. The molecule has 42 heavy (non-hydrogen) atoms. The predicted octanol–water partition coefficient (Wildman–Crippen LogP) is 11.6. The summed E-state index contributed by atoms with van der Waals surface area (Å²) >= 11 is 0. The summed E-state index contributed by atoms with van der Waals surface area (Å²) in [6.07, 6.45) is 1.66. The van der Waals surface area contributed by atoms with Gasteiger partial charge in [0.25, 0.3) is 0 Å². The lowest BCUT2D eigenvalue weighted by molar-refractivity contribution is 0.616. The van der Waals surface area contributed by atoms with E-state index in [9.17, 15) is 2.74 Å². The standard InChI is InChI=1S/C40H24O2/c1-3-11-25(12-4-1)34-24-41-35-22-21-33-28-20-19-27(23-36(28)42-40(33)39(34)35)38-31-17-9-7-15-29(31)37(26-13-5-2-6-14-26)30-16-8-10-18-32(30)38/h1-24H/i2D,5D,6D,7D,8D,9D,10D,13D,14D,15D,16D,17D,18D. The van der Waals surface area contributed by atoms with Crippen molar-refractivity contribution in [2.75, 3.05) is 0 Å². The molecule has 2 heteroatoms. The third kappa shape index (κ3) is 3.33. The first-order valence-corrected chi connectivity index (χ1v) is 13.2. The van der Waals surface area contributed by atoms with Gasteiger partial charge in [0.1, 0.15) is 16.7 Å². The zero-order chi connectivity index (χ0) is 38.9. The van der Waals surface area contributed by atoms with Crippen LogP contribution in [0.4, 0.5) is 0 Å². The first-order chi connectivity index (χ1) is 26.2. The molecule has 7 aromatic carbocycles. The van der Waals surface area contributed by atoms with Gasteiger partial charge in [-0.1, -0.05) is 115 Å². The van der Waals surface area contributed by atoms with Gasteiger partial charge in [0.15, 0.2) is 0 Å². The van der Waals surface area contributed by atoms with Gasteiger partial charge in [0, 0.05) is 16.3 Å². The van der Waals surface area contributed by atoms with Crippen molar-refractivity contribution in [3.63, 3.8) is 0 Å². The van der Waals surface area contributed by atoms with Gasteiger partial charge in [-0.15, -0.1) is 0 Å². The highest BCUT2D eigenvalue weighted by Crippen LogP contribution is 2.45. The molecular formula is C40H24O2. The second-order valence-electron chi connectivity index (χ2n) is 9.89. The lowest BCUT2D eigenvalue weighted by Crippen LogP contribution is -1.90. The molecule has 0 spiro atoms. The van der Waals surface area contributed by atoms with E-state index in [1.54, 1.807) is 24.5 Å². The minimum atomic E-state index is -0.722. The second-order valence-corrected chi connectivity index (χ2v) is 9.89. The summed E-state index contributed by atoms with van der Waals surface area (Å²) in [5.74, 6) is 0. The van der Waals surface area contributed by atoms with Crippen molar-refractivity contribution >= 4 is 54.5 Å². The van der Waals surface area contributed by atoms with Crippen LogP contribution >= 0.6 is 0 Å². The van der Waals surface area contributed by atoms with Crippen molar-refractivity contribution in [2.24, 2.45) is 0 Å². The average Bonchev–Trinajstić information content (AvgIpc) is 3.80. The number of furan rings is 2. The summed E-state index contributed by atoms with van der Waals surface area (Å²) in [7, 11) is 0. The number of rotatable bonds is 3. The fourth-order valence-corrected chi connectivity index (χ4v) is 5.88. The Bertz CT molecular complexity index is 3070. The van der Waals surface area contributed by atoms with Gasteiger partial charge < -0.3 is 8.83 Å². The van der Waals surface area contributed by atoms with Gasteiger partial charge in [-0.3, -0.25) is 0 Å². The summed E-state index contributed by atoms with van der Waals surface area (Å²) in [5, 5.41) is 1.35. The van der Waals surface area contributed by atoms with Crippen LogP contribution in [0.15, 0.2) is 154 Å². The Morgan fingerprint density at radius 1 is 0.476 bits per heavy atom. The summed E-state index contributed by atoms with van der Waals surface area (Å²) in [6.45, 7) is 0. The van der Waals surface area contributed by atoms with Gasteiger partial charge in [0.05, 0.1) is 29.5 Å². The first-order valence-electron chi connectivity index (χ1n) is 19.7. The molecule has 0 saturated carbocycles. The third-order valence-corrected chi connectivity index (χ3v) is 7.67. The maximum absolute atomic E-state index is 9.21. The van der Waals surface area contributed by atoms with Gasteiger partial charge in [0.2, 0.25) is 0 Å². The largest absolute Gasteiger partial charge is 0.464 e. The summed E-state index contributed by atoms with van der Waals surface area (Å²) < 4.78 is 127. The lowest BCUT2D eigenvalue weighted by atomic mass is 9.86. The van der Waals surface area contributed by atoms with E-state index in [1.807, 2.05) is 42.5 Å². The van der Waals surface area contributed by atoms with Crippen LogP contribution in [-0.2, 0) is 0 Å². The van der Waals surface area contributed by atoms with Crippen molar-refractivity contribution in [2.45, 2.75) is 0 Å². The topological polar surface area (TPSA) is 26.3 Å². The number of hydrogen-bond donors (Lipinski definition) is 0. The van der Waals surface area contributed by atoms with E-state index >= 15 is 0 Å². The smallest absolute Gasteiger partial charge is 0.147 e. The maximum Gasteiger partial charge on any atom is 0.147 e. The van der Waals surface area contributed by atoms with Crippen LogP contribution < -0.4 is 0 Å². The third-order valence-electron chi connectivity index (χ3n) is 7.67. The van der Waals surface area contributed by atoms with Crippen LogP contribution in [0.1, 0.15) is 17.8 Å². The number of fused-ring (bicyclic) bond motifs is 7. The van der Waals surface area contributed by atoms with E-state index < -0.39 is 84.1 Å². The summed E-state index contributed by atoms with van der Waals surface area (Å²) in [6, 6.07) is 9.96. The molecule has 2 aromatic heterocycles. The highest BCUT2D eigenvalue weighted by Gasteiger charge is 2.20. The number of hydrogen-bond acceptors (Lipinski definition) is 2. The molecule has 196 valence electrons. The van der Waals surface area contributed by atoms with Gasteiger partial charge >= 0.3 is 0 Å².